The Bertz CT molecular complexity index is 113. The van der Waals surface area contributed by atoms with Crippen LogP contribution in [0.25, 0.3) is 0 Å². The second kappa shape index (κ2) is 4.03. The van der Waals surface area contributed by atoms with E-state index >= 15 is 0 Å². The molecule has 0 aliphatic heterocycles. The van der Waals surface area contributed by atoms with Crippen molar-refractivity contribution in [1.29, 1.82) is 0 Å². The molecular weight excluding hydrogens is 122 g/mol. The number of hydrogen-bond acceptors (Lipinski definition) is 3. The molecule has 0 aromatic heterocycles. The minimum atomic E-state index is -1.03. The van der Waals surface area contributed by atoms with Crippen LogP contribution in [-0.4, -0.2) is 23.5 Å². The van der Waals surface area contributed by atoms with Gasteiger partial charge in [-0.2, -0.15) is 0 Å². The van der Waals surface area contributed by atoms with Gasteiger partial charge in [-0.05, 0) is 0 Å². The van der Waals surface area contributed by atoms with Crippen molar-refractivity contribution in [2.24, 2.45) is 0 Å². The van der Waals surface area contributed by atoms with Gasteiger partial charge in [0.1, 0.15) is 12.5 Å². The van der Waals surface area contributed by atoms with Gasteiger partial charge in [0.15, 0.2) is 0 Å². The number of aldehydes is 1. The average Bonchev–Trinajstić information content (AvgIpc) is 1.63. The summed E-state index contributed by atoms with van der Waals surface area (Å²) in [6.07, 6.45) is -0.541. The fraction of sp³-hybridized carbons (Fsp3) is 0.600. The van der Waals surface area contributed by atoms with E-state index in [9.17, 15) is 9.59 Å². The Hall–Kier alpha value is -0.900. The SMILES string of the molecule is CC(=O)NC(O)CC=O. The molecule has 4 heteroatoms. The second-order valence-corrected chi connectivity index (χ2v) is 1.62. The summed E-state index contributed by atoms with van der Waals surface area (Å²) in [5.41, 5.74) is 0. The molecule has 0 heterocycles. The van der Waals surface area contributed by atoms with E-state index in [1.165, 1.54) is 6.92 Å². The van der Waals surface area contributed by atoms with Gasteiger partial charge in [0.2, 0.25) is 5.91 Å². The van der Waals surface area contributed by atoms with Crippen LogP contribution in [0.3, 0.4) is 0 Å². The lowest BCUT2D eigenvalue weighted by atomic mass is 10.4. The van der Waals surface area contributed by atoms with Gasteiger partial charge in [0.25, 0.3) is 0 Å². The fourth-order valence-electron chi connectivity index (χ4n) is 0.385. The molecule has 0 aliphatic carbocycles. The van der Waals surface area contributed by atoms with E-state index in [0.29, 0.717) is 6.29 Å². The summed E-state index contributed by atoms with van der Waals surface area (Å²) < 4.78 is 0. The molecule has 1 unspecified atom stereocenters. The zero-order valence-electron chi connectivity index (χ0n) is 5.13. The molecule has 9 heavy (non-hydrogen) atoms. The van der Waals surface area contributed by atoms with Crippen LogP contribution in [0.1, 0.15) is 13.3 Å². The standard InChI is InChI=1S/C5H9NO3/c1-4(8)6-5(9)2-3-7/h3,5,9H,2H2,1H3,(H,6,8). The molecule has 0 aliphatic rings. The zero-order chi connectivity index (χ0) is 7.28. The molecule has 0 spiro atoms. The molecule has 0 radical (unpaired) electrons. The van der Waals surface area contributed by atoms with E-state index in [1.54, 1.807) is 0 Å². The largest absolute Gasteiger partial charge is 0.373 e. The van der Waals surface area contributed by atoms with Crippen LogP contribution >= 0.6 is 0 Å². The number of aliphatic hydroxyl groups is 1. The topological polar surface area (TPSA) is 66.4 Å². The maximum atomic E-state index is 10.1. The summed E-state index contributed by atoms with van der Waals surface area (Å²) in [7, 11) is 0. The zero-order valence-corrected chi connectivity index (χ0v) is 5.13. The number of hydrogen-bond donors (Lipinski definition) is 2. The Morgan fingerprint density at radius 1 is 1.89 bits per heavy atom. The van der Waals surface area contributed by atoms with Gasteiger partial charge >= 0.3 is 0 Å². The Morgan fingerprint density at radius 3 is 2.78 bits per heavy atom. The number of amides is 1. The van der Waals surface area contributed by atoms with E-state index in [2.05, 4.69) is 5.32 Å². The van der Waals surface area contributed by atoms with Crippen LogP contribution < -0.4 is 5.32 Å². The summed E-state index contributed by atoms with van der Waals surface area (Å²) >= 11 is 0. The monoisotopic (exact) mass is 131 g/mol. The number of carbonyl (C=O) groups excluding carboxylic acids is 2. The molecule has 52 valence electrons. The second-order valence-electron chi connectivity index (χ2n) is 1.62. The highest BCUT2D eigenvalue weighted by atomic mass is 16.3. The number of rotatable bonds is 3. The van der Waals surface area contributed by atoms with Crippen molar-refractivity contribution in [1.82, 2.24) is 5.32 Å². The molecule has 4 nitrogen and oxygen atoms in total. The van der Waals surface area contributed by atoms with Gasteiger partial charge in [-0.3, -0.25) is 4.79 Å². The van der Waals surface area contributed by atoms with Crippen molar-refractivity contribution in [3.8, 4) is 0 Å². The third kappa shape index (κ3) is 4.96. The molecule has 0 rings (SSSR count). The van der Waals surface area contributed by atoms with Crippen molar-refractivity contribution in [2.45, 2.75) is 19.6 Å². The highest BCUT2D eigenvalue weighted by Gasteiger charge is 2.01. The van der Waals surface area contributed by atoms with E-state index in [0.717, 1.165) is 0 Å². The van der Waals surface area contributed by atoms with Gasteiger partial charge in [-0.1, -0.05) is 0 Å². The van der Waals surface area contributed by atoms with Crippen molar-refractivity contribution >= 4 is 12.2 Å². The van der Waals surface area contributed by atoms with Crippen LogP contribution in [0, 0.1) is 0 Å². The predicted octanol–water partition coefficient (Wildman–Crippen LogP) is -0.970. The first kappa shape index (κ1) is 8.10. The summed E-state index contributed by atoms with van der Waals surface area (Å²) in [6, 6.07) is 0. The number of aliphatic hydroxyl groups excluding tert-OH is 1. The van der Waals surface area contributed by atoms with E-state index < -0.39 is 6.23 Å². The first-order valence-corrected chi connectivity index (χ1v) is 2.55. The summed E-state index contributed by atoms with van der Waals surface area (Å²) in [6.45, 7) is 1.27. The molecule has 0 fully saturated rings. The van der Waals surface area contributed by atoms with E-state index in [1.807, 2.05) is 0 Å². The van der Waals surface area contributed by atoms with Gasteiger partial charge in [0.05, 0.1) is 0 Å². The summed E-state index contributed by atoms with van der Waals surface area (Å²) in [5, 5.41) is 10.8. The van der Waals surface area contributed by atoms with E-state index in [-0.39, 0.29) is 12.3 Å². The molecule has 0 saturated heterocycles. The van der Waals surface area contributed by atoms with Crippen molar-refractivity contribution in [3.05, 3.63) is 0 Å². The maximum absolute atomic E-state index is 10.1. The minimum absolute atomic E-state index is 0.0560. The molecular formula is C5H9NO3. The van der Waals surface area contributed by atoms with Crippen LogP contribution in [0.15, 0.2) is 0 Å². The van der Waals surface area contributed by atoms with Gasteiger partial charge in [-0.25, -0.2) is 0 Å². The van der Waals surface area contributed by atoms with Crippen molar-refractivity contribution in [2.75, 3.05) is 0 Å². The normalized spacial score (nSPS) is 12.2. The lowest BCUT2D eigenvalue weighted by Crippen LogP contribution is -2.32. The molecule has 2 N–H and O–H groups in total. The van der Waals surface area contributed by atoms with Gasteiger partial charge < -0.3 is 15.2 Å². The first-order chi connectivity index (χ1) is 4.16. The highest BCUT2D eigenvalue weighted by Crippen LogP contribution is 1.79. The average molecular weight is 131 g/mol. The third-order valence-corrected chi connectivity index (χ3v) is 0.689. The van der Waals surface area contributed by atoms with Crippen LogP contribution in [0.4, 0.5) is 0 Å². The van der Waals surface area contributed by atoms with Crippen LogP contribution in [-0.2, 0) is 9.59 Å². The lowest BCUT2D eigenvalue weighted by Gasteiger charge is -2.05. The number of nitrogens with one attached hydrogen (secondary N) is 1. The minimum Gasteiger partial charge on any atom is -0.373 e. The smallest absolute Gasteiger partial charge is 0.218 e. The first-order valence-electron chi connectivity index (χ1n) is 2.55. The summed E-state index contributed by atoms with van der Waals surface area (Å²) in [5.74, 6) is -0.343. The summed E-state index contributed by atoms with van der Waals surface area (Å²) in [4.78, 5) is 19.8. The fourth-order valence-corrected chi connectivity index (χ4v) is 0.385. The molecule has 1 amide bonds. The predicted molar refractivity (Wildman–Crippen MR) is 30.5 cm³/mol. The van der Waals surface area contributed by atoms with Gasteiger partial charge in [0, 0.05) is 13.3 Å². The van der Waals surface area contributed by atoms with E-state index in [4.69, 9.17) is 5.11 Å². The molecule has 0 bridgehead atoms. The molecule has 0 saturated carbocycles. The Kier molecular flexibility index (Phi) is 3.62. The Morgan fingerprint density at radius 2 is 2.44 bits per heavy atom. The van der Waals surface area contributed by atoms with Crippen molar-refractivity contribution < 1.29 is 14.7 Å². The van der Waals surface area contributed by atoms with Crippen molar-refractivity contribution in [3.63, 3.8) is 0 Å². The molecule has 0 aromatic carbocycles. The third-order valence-electron chi connectivity index (χ3n) is 0.689. The molecule has 0 aromatic rings. The highest BCUT2D eigenvalue weighted by molar-refractivity contribution is 5.73. The number of carbonyl (C=O) groups is 2. The van der Waals surface area contributed by atoms with Crippen LogP contribution in [0.2, 0.25) is 0 Å². The van der Waals surface area contributed by atoms with Gasteiger partial charge in [-0.15, -0.1) is 0 Å². The quantitative estimate of drug-likeness (QED) is 0.382. The molecule has 1 atom stereocenters. The Labute approximate surface area is 52.9 Å². The van der Waals surface area contributed by atoms with Crippen LogP contribution in [0.5, 0.6) is 0 Å². The Balaban J connectivity index is 3.37. The lowest BCUT2D eigenvalue weighted by molar-refractivity contribution is -0.122. The maximum Gasteiger partial charge on any atom is 0.218 e.